The van der Waals surface area contributed by atoms with Crippen molar-refractivity contribution in [3.05, 3.63) is 54.3 Å². The molecule has 0 unspecified atom stereocenters. The van der Waals surface area contributed by atoms with E-state index in [2.05, 4.69) is 36.2 Å². The Labute approximate surface area is 171 Å². The number of carbonyl (C=O) groups excluding carboxylic acids is 1. The molecule has 4 aromatic rings. The van der Waals surface area contributed by atoms with E-state index in [9.17, 15) is 4.79 Å². The highest BCUT2D eigenvalue weighted by Gasteiger charge is 2.27. The minimum Gasteiger partial charge on any atom is -0.360 e. The van der Waals surface area contributed by atoms with Crippen molar-refractivity contribution >= 4 is 39.2 Å². The molecule has 0 spiro atoms. The first-order chi connectivity index (χ1) is 14.3. The molecule has 0 radical (unpaired) electrons. The second-order valence-electron chi connectivity index (χ2n) is 7.11. The molecule has 1 aromatic carbocycles. The molecule has 1 amide bonds. The monoisotopic (exact) mass is 404 g/mol. The fourth-order valence-electron chi connectivity index (χ4n) is 3.77. The maximum atomic E-state index is 12.8. The molecule has 29 heavy (non-hydrogen) atoms. The van der Waals surface area contributed by atoms with Crippen molar-refractivity contribution in [1.29, 1.82) is 0 Å². The number of para-hydroxylation sites is 1. The lowest BCUT2D eigenvalue weighted by Gasteiger charge is -2.31. The van der Waals surface area contributed by atoms with Gasteiger partial charge in [0.05, 0.1) is 11.6 Å². The third kappa shape index (κ3) is 3.58. The van der Waals surface area contributed by atoms with E-state index in [4.69, 9.17) is 0 Å². The Morgan fingerprint density at radius 2 is 2.07 bits per heavy atom. The molecule has 1 saturated heterocycles. The maximum Gasteiger partial charge on any atom is 0.231 e. The number of carbonyl (C=O) groups is 1. The first-order valence-corrected chi connectivity index (χ1v) is 10.5. The summed E-state index contributed by atoms with van der Waals surface area (Å²) in [4.78, 5) is 31.4. The van der Waals surface area contributed by atoms with Crippen LogP contribution in [0.4, 0.5) is 11.1 Å². The molecule has 1 fully saturated rings. The molecular weight excluding hydrogens is 384 g/mol. The predicted octanol–water partition coefficient (Wildman–Crippen LogP) is 3.94. The number of hydrogen-bond acceptors (Lipinski definition) is 6. The minimum atomic E-state index is -0.104. The van der Waals surface area contributed by atoms with Gasteiger partial charge in [-0.1, -0.05) is 18.2 Å². The fraction of sp³-hybridized carbons (Fsp3) is 0.238. The lowest BCUT2D eigenvalue weighted by atomic mass is 9.97. The Hall–Kier alpha value is -3.26. The molecule has 4 heterocycles. The molecular formula is C21H20N6OS. The second kappa shape index (κ2) is 7.63. The summed E-state index contributed by atoms with van der Waals surface area (Å²) in [6, 6.07) is 9.93. The first kappa shape index (κ1) is 17.8. The number of aromatic amines is 1. The Balaban J connectivity index is 1.29. The number of hydrogen-bond donors (Lipinski definition) is 2. The average Bonchev–Trinajstić information content (AvgIpc) is 3.41. The Bertz CT molecular complexity index is 1140. The third-order valence-corrected chi connectivity index (χ3v) is 5.98. The average molecular weight is 404 g/mol. The van der Waals surface area contributed by atoms with E-state index in [1.54, 1.807) is 18.5 Å². The van der Waals surface area contributed by atoms with E-state index in [-0.39, 0.29) is 11.8 Å². The van der Waals surface area contributed by atoms with E-state index in [1.165, 1.54) is 11.3 Å². The van der Waals surface area contributed by atoms with Crippen LogP contribution in [-0.4, -0.2) is 38.9 Å². The van der Waals surface area contributed by atoms with Gasteiger partial charge in [0.1, 0.15) is 0 Å². The maximum absolute atomic E-state index is 12.8. The molecule has 1 aliphatic heterocycles. The smallest absolute Gasteiger partial charge is 0.231 e. The van der Waals surface area contributed by atoms with Crippen molar-refractivity contribution in [3.8, 4) is 11.3 Å². The molecule has 8 heteroatoms. The van der Waals surface area contributed by atoms with Crippen LogP contribution in [0.5, 0.6) is 0 Å². The molecule has 0 bridgehead atoms. The van der Waals surface area contributed by atoms with E-state index in [0.29, 0.717) is 17.6 Å². The zero-order chi connectivity index (χ0) is 19.6. The van der Waals surface area contributed by atoms with Gasteiger partial charge in [0, 0.05) is 53.5 Å². The van der Waals surface area contributed by atoms with Gasteiger partial charge in [-0.3, -0.25) is 4.79 Å². The van der Waals surface area contributed by atoms with Crippen molar-refractivity contribution in [3.63, 3.8) is 0 Å². The van der Waals surface area contributed by atoms with E-state index in [1.807, 2.05) is 29.8 Å². The minimum absolute atomic E-state index is 0.00505. The zero-order valence-electron chi connectivity index (χ0n) is 15.7. The number of rotatable bonds is 4. The number of anilines is 2. The summed E-state index contributed by atoms with van der Waals surface area (Å²) in [6.45, 7) is 1.49. The summed E-state index contributed by atoms with van der Waals surface area (Å²) in [6.07, 6.45) is 7.22. The number of aromatic nitrogens is 4. The predicted molar refractivity (Wildman–Crippen MR) is 115 cm³/mol. The molecule has 5 rings (SSSR count). The summed E-state index contributed by atoms with van der Waals surface area (Å²) in [5.74, 6) is 0.583. The number of fused-ring (bicyclic) bond motifs is 1. The summed E-state index contributed by atoms with van der Waals surface area (Å²) in [7, 11) is 0. The largest absolute Gasteiger partial charge is 0.360 e. The first-order valence-electron chi connectivity index (χ1n) is 9.63. The lowest BCUT2D eigenvalue weighted by Crippen LogP contribution is -2.41. The van der Waals surface area contributed by atoms with Crippen LogP contribution in [0.15, 0.2) is 54.3 Å². The van der Waals surface area contributed by atoms with Gasteiger partial charge in [-0.15, -0.1) is 11.3 Å². The van der Waals surface area contributed by atoms with Crippen molar-refractivity contribution in [2.24, 2.45) is 5.92 Å². The third-order valence-electron chi connectivity index (χ3n) is 5.23. The van der Waals surface area contributed by atoms with Crippen LogP contribution >= 0.6 is 11.3 Å². The molecule has 3 aromatic heterocycles. The van der Waals surface area contributed by atoms with Gasteiger partial charge >= 0.3 is 0 Å². The molecule has 1 atom stereocenters. The molecule has 146 valence electrons. The van der Waals surface area contributed by atoms with Crippen LogP contribution in [-0.2, 0) is 4.79 Å². The SMILES string of the molecule is O=C(Nc1nc(-c2c[nH]c3ccccc23)cs1)[C@H]1CCCN(c2ncccn2)C1. The number of thiazole rings is 1. The van der Waals surface area contributed by atoms with Crippen LogP contribution in [0.3, 0.4) is 0 Å². The van der Waals surface area contributed by atoms with Gasteiger partial charge in [0.2, 0.25) is 11.9 Å². The Morgan fingerprint density at radius 3 is 2.97 bits per heavy atom. The normalized spacial score (nSPS) is 16.8. The van der Waals surface area contributed by atoms with E-state index < -0.39 is 0 Å². The van der Waals surface area contributed by atoms with Crippen LogP contribution in [0, 0.1) is 5.92 Å². The number of piperidine rings is 1. The zero-order valence-corrected chi connectivity index (χ0v) is 16.5. The lowest BCUT2D eigenvalue weighted by molar-refractivity contribution is -0.120. The molecule has 0 aliphatic carbocycles. The topological polar surface area (TPSA) is 86.8 Å². The van der Waals surface area contributed by atoms with Crippen LogP contribution in [0.25, 0.3) is 22.2 Å². The number of H-pyrrole nitrogens is 1. The molecule has 1 aliphatic rings. The van der Waals surface area contributed by atoms with Gasteiger partial charge in [0.15, 0.2) is 5.13 Å². The van der Waals surface area contributed by atoms with Gasteiger partial charge in [-0.05, 0) is 25.0 Å². The standard InChI is InChI=1S/C21H20N6OS/c28-19(14-5-3-10-27(12-14)20-22-8-4-9-23-20)26-21-25-18(13-29-21)16-11-24-17-7-2-1-6-15(16)17/h1-2,4,6-9,11,13-14,24H,3,5,10,12H2,(H,25,26,28)/t14-/m0/s1. The van der Waals surface area contributed by atoms with Crippen LogP contribution in [0.1, 0.15) is 12.8 Å². The highest BCUT2D eigenvalue weighted by atomic mass is 32.1. The van der Waals surface area contributed by atoms with Crippen molar-refractivity contribution in [2.75, 3.05) is 23.3 Å². The molecule has 0 saturated carbocycles. The number of nitrogens with one attached hydrogen (secondary N) is 2. The number of nitrogens with zero attached hydrogens (tertiary/aromatic N) is 4. The van der Waals surface area contributed by atoms with Gasteiger partial charge in [0.25, 0.3) is 0 Å². The fourth-order valence-corrected chi connectivity index (χ4v) is 4.49. The van der Waals surface area contributed by atoms with Crippen LogP contribution in [0.2, 0.25) is 0 Å². The van der Waals surface area contributed by atoms with E-state index >= 15 is 0 Å². The summed E-state index contributed by atoms with van der Waals surface area (Å²) < 4.78 is 0. The van der Waals surface area contributed by atoms with Crippen molar-refractivity contribution in [1.82, 2.24) is 19.9 Å². The highest BCUT2D eigenvalue weighted by molar-refractivity contribution is 7.14. The summed E-state index contributed by atoms with van der Waals surface area (Å²) >= 11 is 1.45. The molecule has 7 nitrogen and oxygen atoms in total. The Kier molecular flexibility index (Phi) is 4.69. The van der Waals surface area contributed by atoms with Gasteiger partial charge < -0.3 is 15.2 Å². The van der Waals surface area contributed by atoms with Gasteiger partial charge in [-0.25, -0.2) is 15.0 Å². The summed E-state index contributed by atoms with van der Waals surface area (Å²) in [5.41, 5.74) is 2.99. The van der Waals surface area contributed by atoms with Gasteiger partial charge in [-0.2, -0.15) is 0 Å². The van der Waals surface area contributed by atoms with Crippen molar-refractivity contribution < 1.29 is 4.79 Å². The molecule has 2 N–H and O–H groups in total. The van der Waals surface area contributed by atoms with E-state index in [0.717, 1.165) is 41.5 Å². The quantitative estimate of drug-likeness (QED) is 0.538. The highest BCUT2D eigenvalue weighted by Crippen LogP contribution is 2.31. The van der Waals surface area contributed by atoms with Crippen molar-refractivity contribution in [2.45, 2.75) is 12.8 Å². The number of benzene rings is 1. The summed E-state index contributed by atoms with van der Waals surface area (Å²) in [5, 5.41) is 6.74. The van der Waals surface area contributed by atoms with Crippen LogP contribution < -0.4 is 10.2 Å². The Morgan fingerprint density at radius 1 is 1.21 bits per heavy atom. The number of amides is 1. The second-order valence-corrected chi connectivity index (χ2v) is 7.97.